The monoisotopic (exact) mass is 217 g/mol. The van der Waals surface area contributed by atoms with E-state index in [1.165, 1.54) is 28.4 Å². The first-order valence-corrected chi connectivity index (χ1v) is 5.76. The lowest BCUT2D eigenvalue weighted by molar-refractivity contribution is -0.145. The maximum atomic E-state index is 11.1. The van der Waals surface area contributed by atoms with Gasteiger partial charge in [0.05, 0.1) is 16.0 Å². The molecule has 1 amide bonds. The van der Waals surface area contributed by atoms with Gasteiger partial charge in [-0.2, -0.15) is 0 Å². The molecule has 13 heavy (non-hydrogen) atoms. The number of nitrogens with zero attached hydrogens (tertiary/aromatic N) is 1. The van der Waals surface area contributed by atoms with Gasteiger partial charge in [0.25, 0.3) is 0 Å². The Morgan fingerprint density at radius 3 is 2.92 bits per heavy atom. The van der Waals surface area contributed by atoms with Gasteiger partial charge in [-0.1, -0.05) is 11.8 Å². The predicted molar refractivity (Wildman–Crippen MR) is 51.0 cm³/mol. The van der Waals surface area contributed by atoms with Crippen molar-refractivity contribution in [3.8, 4) is 0 Å². The molecule has 2 aliphatic rings. The van der Waals surface area contributed by atoms with Crippen molar-refractivity contribution >= 4 is 35.4 Å². The number of carbonyl (C=O) groups is 2. The molecule has 1 unspecified atom stereocenters. The van der Waals surface area contributed by atoms with E-state index in [1.807, 2.05) is 6.26 Å². The van der Waals surface area contributed by atoms with Crippen molar-refractivity contribution in [2.75, 3.05) is 6.26 Å². The summed E-state index contributed by atoms with van der Waals surface area (Å²) in [6.45, 7) is 0. The minimum Gasteiger partial charge on any atom is -0.477 e. The fourth-order valence-electron chi connectivity index (χ4n) is 1.36. The van der Waals surface area contributed by atoms with Gasteiger partial charge >= 0.3 is 5.97 Å². The third-order valence-electron chi connectivity index (χ3n) is 1.97. The van der Waals surface area contributed by atoms with Crippen LogP contribution in [-0.4, -0.2) is 33.5 Å². The van der Waals surface area contributed by atoms with Gasteiger partial charge in [0.15, 0.2) is 5.70 Å². The summed E-state index contributed by atoms with van der Waals surface area (Å²) >= 11 is 2.85. The maximum Gasteiger partial charge on any atom is 0.354 e. The molecule has 0 aliphatic carbocycles. The minimum atomic E-state index is -1.01. The third kappa shape index (κ3) is 1.16. The average molecular weight is 217 g/mol. The fourth-order valence-corrected chi connectivity index (χ4v) is 3.56. The van der Waals surface area contributed by atoms with Crippen LogP contribution in [0.15, 0.2) is 9.93 Å². The fraction of sp³-hybridized carbons (Fsp3) is 0.429. The SMILES string of the molecule is CSC1=C(C(=O)O)N2C(=O)CC2S1. The molecule has 2 heterocycles. The number of amides is 1. The van der Waals surface area contributed by atoms with Crippen LogP contribution in [0.25, 0.3) is 0 Å². The van der Waals surface area contributed by atoms with Crippen LogP contribution >= 0.6 is 23.5 Å². The van der Waals surface area contributed by atoms with Gasteiger partial charge in [0, 0.05) is 0 Å². The Labute approximate surface area is 83.4 Å². The molecule has 1 N–H and O–H groups in total. The number of β-lactam (4-membered cyclic amide) rings is 1. The molecule has 0 aromatic heterocycles. The predicted octanol–water partition coefficient (Wildman–Crippen LogP) is 0.908. The summed E-state index contributed by atoms with van der Waals surface area (Å²) in [4.78, 5) is 23.3. The van der Waals surface area contributed by atoms with E-state index in [2.05, 4.69) is 0 Å². The molecule has 70 valence electrons. The minimum absolute atomic E-state index is 0.0426. The molecule has 2 rings (SSSR count). The Hall–Kier alpha value is -0.620. The highest BCUT2D eigenvalue weighted by molar-refractivity contribution is 8.22. The molecule has 4 nitrogen and oxygen atoms in total. The number of aliphatic carboxylic acids is 1. The van der Waals surface area contributed by atoms with Gasteiger partial charge in [-0.15, -0.1) is 11.8 Å². The lowest BCUT2D eigenvalue weighted by atomic mass is 10.2. The van der Waals surface area contributed by atoms with Gasteiger partial charge in [0.1, 0.15) is 0 Å². The summed E-state index contributed by atoms with van der Waals surface area (Å²) in [5.74, 6) is -1.09. The van der Waals surface area contributed by atoms with Gasteiger partial charge in [-0.3, -0.25) is 9.69 Å². The molecule has 1 atom stereocenters. The van der Waals surface area contributed by atoms with E-state index in [4.69, 9.17) is 5.11 Å². The molecule has 0 saturated carbocycles. The van der Waals surface area contributed by atoms with Crippen LogP contribution in [-0.2, 0) is 9.59 Å². The molecule has 2 aliphatic heterocycles. The van der Waals surface area contributed by atoms with Crippen LogP contribution in [0.1, 0.15) is 6.42 Å². The van der Waals surface area contributed by atoms with Crippen LogP contribution in [0, 0.1) is 0 Å². The van der Waals surface area contributed by atoms with Gasteiger partial charge in [-0.05, 0) is 6.26 Å². The average Bonchev–Trinajstić information content (AvgIpc) is 2.37. The molecule has 0 radical (unpaired) electrons. The Morgan fingerprint density at radius 2 is 2.46 bits per heavy atom. The smallest absolute Gasteiger partial charge is 0.354 e. The van der Waals surface area contributed by atoms with Crippen LogP contribution in [0.3, 0.4) is 0 Å². The first kappa shape index (κ1) is 8.96. The summed E-state index contributed by atoms with van der Waals surface area (Å²) in [5, 5.41) is 8.92. The molecule has 0 aromatic rings. The molecule has 1 fully saturated rings. The molecule has 0 bridgehead atoms. The first-order valence-electron chi connectivity index (χ1n) is 3.65. The molecule has 0 spiro atoms. The number of hydrogen-bond donors (Lipinski definition) is 1. The van der Waals surface area contributed by atoms with Crippen molar-refractivity contribution in [1.29, 1.82) is 0 Å². The second-order valence-corrected chi connectivity index (χ2v) is 4.95. The van der Waals surface area contributed by atoms with Crippen molar-refractivity contribution in [3.63, 3.8) is 0 Å². The second kappa shape index (κ2) is 2.95. The van der Waals surface area contributed by atoms with Gasteiger partial charge in [-0.25, -0.2) is 4.79 Å². The zero-order valence-corrected chi connectivity index (χ0v) is 8.44. The van der Waals surface area contributed by atoms with E-state index in [9.17, 15) is 9.59 Å². The number of carbonyl (C=O) groups excluding carboxylic acids is 1. The highest BCUT2D eigenvalue weighted by atomic mass is 32.2. The van der Waals surface area contributed by atoms with E-state index < -0.39 is 5.97 Å². The lowest BCUT2D eigenvalue weighted by Crippen LogP contribution is -2.48. The largest absolute Gasteiger partial charge is 0.477 e. The van der Waals surface area contributed by atoms with E-state index in [1.54, 1.807) is 0 Å². The van der Waals surface area contributed by atoms with Crippen molar-refractivity contribution in [1.82, 2.24) is 4.90 Å². The highest BCUT2D eigenvalue weighted by Gasteiger charge is 2.48. The Morgan fingerprint density at radius 1 is 1.77 bits per heavy atom. The number of carboxylic acids is 1. The zero-order valence-electron chi connectivity index (χ0n) is 6.81. The van der Waals surface area contributed by atoms with E-state index in [-0.39, 0.29) is 17.0 Å². The lowest BCUT2D eigenvalue weighted by Gasteiger charge is -2.33. The summed E-state index contributed by atoms with van der Waals surface area (Å²) in [6, 6.07) is 0. The first-order chi connectivity index (χ1) is 6.15. The van der Waals surface area contributed by atoms with E-state index >= 15 is 0 Å². The number of thioether (sulfide) groups is 2. The highest BCUT2D eigenvalue weighted by Crippen LogP contribution is 2.49. The van der Waals surface area contributed by atoms with Crippen molar-refractivity contribution in [3.05, 3.63) is 9.93 Å². The van der Waals surface area contributed by atoms with Crippen molar-refractivity contribution < 1.29 is 14.7 Å². The molecular formula is C7H7NO3S2. The number of rotatable bonds is 2. The topological polar surface area (TPSA) is 57.6 Å². The summed E-state index contributed by atoms with van der Waals surface area (Å²) in [6.07, 6.45) is 2.28. The molecule has 6 heteroatoms. The summed E-state index contributed by atoms with van der Waals surface area (Å²) in [5.41, 5.74) is 0.166. The Kier molecular flexibility index (Phi) is 2.03. The normalized spacial score (nSPS) is 26.1. The van der Waals surface area contributed by atoms with Gasteiger partial charge < -0.3 is 5.11 Å². The van der Waals surface area contributed by atoms with Crippen LogP contribution in [0.4, 0.5) is 0 Å². The number of carboxylic acid groups (broad SMARTS) is 1. The van der Waals surface area contributed by atoms with Gasteiger partial charge in [0.2, 0.25) is 5.91 Å². The number of fused-ring (bicyclic) bond motifs is 1. The quantitative estimate of drug-likeness (QED) is 0.697. The maximum absolute atomic E-state index is 11.1. The van der Waals surface area contributed by atoms with E-state index in [0.717, 1.165) is 4.24 Å². The molecule has 1 saturated heterocycles. The van der Waals surface area contributed by atoms with E-state index in [0.29, 0.717) is 6.42 Å². The third-order valence-corrected chi connectivity index (χ3v) is 4.38. The zero-order chi connectivity index (χ0) is 9.59. The molecule has 0 aromatic carbocycles. The summed E-state index contributed by atoms with van der Waals surface area (Å²) in [7, 11) is 0. The Bertz CT molecular complexity index is 326. The second-order valence-electron chi connectivity index (χ2n) is 2.69. The van der Waals surface area contributed by atoms with Crippen LogP contribution in [0.5, 0.6) is 0 Å². The molecular weight excluding hydrogens is 210 g/mol. The van der Waals surface area contributed by atoms with Crippen molar-refractivity contribution in [2.24, 2.45) is 0 Å². The van der Waals surface area contributed by atoms with Crippen molar-refractivity contribution in [2.45, 2.75) is 11.8 Å². The number of hydrogen-bond acceptors (Lipinski definition) is 4. The Balaban J connectivity index is 2.34. The van der Waals surface area contributed by atoms with Crippen LogP contribution < -0.4 is 0 Å². The standard InChI is InChI=1S/C7H7NO3S2/c1-12-7-5(6(10)11)8-3(9)2-4(8)13-7/h4H,2H2,1H3,(H,10,11). The summed E-state index contributed by atoms with van der Waals surface area (Å²) < 4.78 is 0.739. The van der Waals surface area contributed by atoms with Crippen LogP contribution in [0.2, 0.25) is 0 Å².